The number of Topliss-reactive ketones (excluding diaryl/α,β-unsaturated/α-hetero) is 1. The molecule has 14 heavy (non-hydrogen) atoms. The van der Waals surface area contributed by atoms with E-state index in [2.05, 4.69) is 0 Å². The normalized spacial score (nSPS) is 13.1. The first-order valence-electron chi connectivity index (χ1n) is 4.67. The molecule has 4 heteroatoms. The van der Waals surface area contributed by atoms with Gasteiger partial charge in [0.2, 0.25) is 0 Å². The van der Waals surface area contributed by atoms with Crippen molar-refractivity contribution in [3.8, 4) is 11.5 Å². The molecule has 0 atom stereocenters. The van der Waals surface area contributed by atoms with Gasteiger partial charge in [0, 0.05) is 12.7 Å². The molecule has 1 aliphatic rings. The van der Waals surface area contributed by atoms with E-state index >= 15 is 0 Å². The Bertz CT molecular complexity index is 326. The second-order valence-corrected chi connectivity index (χ2v) is 3.35. The van der Waals surface area contributed by atoms with Gasteiger partial charge in [-0.05, 0) is 19.1 Å². The van der Waals surface area contributed by atoms with Crippen LogP contribution in [-0.4, -0.2) is 12.9 Å². The summed E-state index contributed by atoms with van der Waals surface area (Å²) in [5.74, 6) is 1.69. The molecular formula is C10H11BO3. The lowest BCUT2D eigenvalue weighted by Crippen LogP contribution is -2.24. The third kappa shape index (κ3) is 1.89. The number of carbonyl (C=O) groups excluding carboxylic acids is 1. The second kappa shape index (κ2) is 3.74. The predicted molar refractivity (Wildman–Crippen MR) is 53.6 cm³/mol. The van der Waals surface area contributed by atoms with E-state index in [1.54, 1.807) is 6.92 Å². The molecule has 0 saturated carbocycles. The SMILES string of the molecule is CC(=O)CCB1Oc2ccccc2O1. The summed E-state index contributed by atoms with van der Waals surface area (Å²) in [6, 6.07) is 7.53. The van der Waals surface area contributed by atoms with Gasteiger partial charge in [-0.25, -0.2) is 0 Å². The van der Waals surface area contributed by atoms with Gasteiger partial charge < -0.3 is 14.1 Å². The molecular weight excluding hydrogens is 179 g/mol. The Morgan fingerprint density at radius 1 is 1.29 bits per heavy atom. The fraction of sp³-hybridized carbons (Fsp3) is 0.300. The van der Waals surface area contributed by atoms with Crippen LogP contribution in [0.3, 0.4) is 0 Å². The number of fused-ring (bicyclic) bond motifs is 1. The van der Waals surface area contributed by atoms with E-state index in [0.29, 0.717) is 12.7 Å². The summed E-state index contributed by atoms with van der Waals surface area (Å²) in [5.41, 5.74) is 0. The summed E-state index contributed by atoms with van der Waals surface area (Å²) in [6.07, 6.45) is 1.11. The van der Waals surface area contributed by atoms with Crippen LogP contribution in [0.2, 0.25) is 6.32 Å². The topological polar surface area (TPSA) is 35.5 Å². The molecule has 3 nitrogen and oxygen atoms in total. The molecule has 1 heterocycles. The maximum atomic E-state index is 10.8. The lowest BCUT2D eigenvalue weighted by Gasteiger charge is -2.01. The monoisotopic (exact) mass is 190 g/mol. The first-order chi connectivity index (χ1) is 6.75. The zero-order chi connectivity index (χ0) is 9.97. The zero-order valence-electron chi connectivity index (χ0n) is 8.03. The highest BCUT2D eigenvalue weighted by atomic mass is 16.6. The predicted octanol–water partition coefficient (Wildman–Crippen LogP) is 1.93. The van der Waals surface area contributed by atoms with Crippen LogP contribution in [0.5, 0.6) is 11.5 Å². The highest BCUT2D eigenvalue weighted by molar-refractivity contribution is 6.48. The van der Waals surface area contributed by atoms with Gasteiger partial charge in [0.25, 0.3) is 0 Å². The number of carbonyl (C=O) groups is 1. The fourth-order valence-corrected chi connectivity index (χ4v) is 1.39. The Balaban J connectivity index is 1.95. The Kier molecular flexibility index (Phi) is 2.44. The van der Waals surface area contributed by atoms with E-state index < -0.39 is 0 Å². The quantitative estimate of drug-likeness (QED) is 0.683. The van der Waals surface area contributed by atoms with Crippen molar-refractivity contribution in [2.24, 2.45) is 0 Å². The van der Waals surface area contributed by atoms with Gasteiger partial charge in [0.1, 0.15) is 17.3 Å². The Morgan fingerprint density at radius 2 is 1.86 bits per heavy atom. The molecule has 0 bridgehead atoms. The minimum absolute atomic E-state index is 0.160. The summed E-state index contributed by atoms with van der Waals surface area (Å²) in [4.78, 5) is 10.8. The lowest BCUT2D eigenvalue weighted by atomic mass is 9.82. The average Bonchev–Trinajstić information content (AvgIpc) is 2.57. The molecule has 1 aromatic carbocycles. The summed E-state index contributed by atoms with van der Waals surface area (Å²) >= 11 is 0. The van der Waals surface area contributed by atoms with Crippen molar-refractivity contribution in [3.05, 3.63) is 24.3 Å². The molecule has 0 spiro atoms. The first-order valence-corrected chi connectivity index (χ1v) is 4.67. The van der Waals surface area contributed by atoms with E-state index in [4.69, 9.17) is 9.31 Å². The molecule has 0 radical (unpaired) electrons. The second-order valence-electron chi connectivity index (χ2n) is 3.35. The van der Waals surface area contributed by atoms with Gasteiger partial charge in [0.15, 0.2) is 0 Å². The smallest absolute Gasteiger partial charge is 0.523 e. The van der Waals surface area contributed by atoms with Crippen LogP contribution in [0.4, 0.5) is 0 Å². The van der Waals surface area contributed by atoms with Crippen molar-refractivity contribution in [3.63, 3.8) is 0 Å². The average molecular weight is 190 g/mol. The van der Waals surface area contributed by atoms with E-state index in [-0.39, 0.29) is 12.9 Å². The fourth-order valence-electron chi connectivity index (χ4n) is 1.39. The molecule has 0 unspecified atom stereocenters. The zero-order valence-corrected chi connectivity index (χ0v) is 8.03. The van der Waals surface area contributed by atoms with Crippen molar-refractivity contribution in [2.75, 3.05) is 0 Å². The Labute approximate surface area is 83.2 Å². The highest BCUT2D eigenvalue weighted by Gasteiger charge is 2.31. The van der Waals surface area contributed by atoms with Gasteiger partial charge in [0.05, 0.1) is 0 Å². The van der Waals surface area contributed by atoms with Gasteiger partial charge in [-0.3, -0.25) is 0 Å². The number of ketones is 1. The summed E-state index contributed by atoms with van der Waals surface area (Å²) in [7, 11) is -0.295. The Hall–Kier alpha value is -1.45. The summed E-state index contributed by atoms with van der Waals surface area (Å²) in [5, 5.41) is 0. The van der Waals surface area contributed by atoms with Crippen LogP contribution in [-0.2, 0) is 4.79 Å². The van der Waals surface area contributed by atoms with Crippen LogP contribution in [0.25, 0.3) is 0 Å². The van der Waals surface area contributed by atoms with Crippen LogP contribution in [0, 0.1) is 0 Å². The standard InChI is InChI=1S/C10H11BO3/c1-8(12)6-7-11-13-9-4-2-3-5-10(9)14-11/h2-5H,6-7H2,1H3. The molecule has 2 rings (SSSR count). The van der Waals surface area contributed by atoms with Gasteiger partial charge in [-0.1, -0.05) is 12.1 Å². The number of benzene rings is 1. The van der Waals surface area contributed by atoms with Gasteiger partial charge >= 0.3 is 7.12 Å². The number of para-hydroxylation sites is 2. The van der Waals surface area contributed by atoms with Crippen LogP contribution >= 0.6 is 0 Å². The molecule has 1 aromatic rings. The van der Waals surface area contributed by atoms with E-state index in [1.807, 2.05) is 24.3 Å². The van der Waals surface area contributed by atoms with Gasteiger partial charge in [-0.15, -0.1) is 0 Å². The molecule has 0 amide bonds. The Morgan fingerprint density at radius 3 is 2.36 bits per heavy atom. The molecule has 0 saturated heterocycles. The van der Waals surface area contributed by atoms with Crippen molar-refractivity contribution in [1.82, 2.24) is 0 Å². The van der Waals surface area contributed by atoms with Crippen molar-refractivity contribution in [1.29, 1.82) is 0 Å². The molecule has 1 aliphatic heterocycles. The number of rotatable bonds is 3. The third-order valence-corrected chi connectivity index (χ3v) is 2.10. The maximum Gasteiger partial charge on any atom is 0.595 e. The molecule has 0 fully saturated rings. The van der Waals surface area contributed by atoms with E-state index in [9.17, 15) is 4.79 Å². The molecule has 0 aliphatic carbocycles. The van der Waals surface area contributed by atoms with Crippen LogP contribution in [0.15, 0.2) is 24.3 Å². The first kappa shape index (κ1) is 9.12. The summed E-state index contributed by atoms with van der Waals surface area (Å²) < 4.78 is 11.0. The molecule has 72 valence electrons. The molecule has 0 aromatic heterocycles. The number of hydrogen-bond acceptors (Lipinski definition) is 3. The molecule has 0 N–H and O–H groups in total. The van der Waals surface area contributed by atoms with Crippen LogP contribution < -0.4 is 9.31 Å². The third-order valence-electron chi connectivity index (χ3n) is 2.10. The van der Waals surface area contributed by atoms with Crippen molar-refractivity contribution >= 4 is 12.9 Å². The van der Waals surface area contributed by atoms with Crippen LogP contribution in [0.1, 0.15) is 13.3 Å². The maximum absolute atomic E-state index is 10.8. The summed E-state index contributed by atoms with van der Waals surface area (Å²) in [6.45, 7) is 1.57. The van der Waals surface area contributed by atoms with Gasteiger partial charge in [-0.2, -0.15) is 0 Å². The largest absolute Gasteiger partial charge is 0.595 e. The van der Waals surface area contributed by atoms with E-state index in [1.165, 1.54) is 0 Å². The lowest BCUT2D eigenvalue weighted by molar-refractivity contribution is -0.116. The van der Waals surface area contributed by atoms with E-state index in [0.717, 1.165) is 11.5 Å². The minimum atomic E-state index is -0.295. The number of hydrogen-bond donors (Lipinski definition) is 0. The highest BCUT2D eigenvalue weighted by Crippen LogP contribution is 2.33. The minimum Gasteiger partial charge on any atom is -0.523 e. The van der Waals surface area contributed by atoms with Crippen molar-refractivity contribution < 1.29 is 14.1 Å². The van der Waals surface area contributed by atoms with Crippen molar-refractivity contribution in [2.45, 2.75) is 19.7 Å².